The Morgan fingerprint density at radius 3 is 2.36 bits per heavy atom. The number of rotatable bonds is 6. The molecule has 10 heteroatoms. The molecule has 0 aliphatic carbocycles. The lowest BCUT2D eigenvalue weighted by Gasteiger charge is -2.11. The van der Waals surface area contributed by atoms with Gasteiger partial charge in [-0.15, -0.1) is 0 Å². The maximum atomic E-state index is 12.5. The van der Waals surface area contributed by atoms with Gasteiger partial charge in [-0.05, 0) is 121 Å². The van der Waals surface area contributed by atoms with Gasteiger partial charge in [0, 0.05) is 14.3 Å². The molecule has 4 rings (SSSR count). The summed E-state index contributed by atoms with van der Waals surface area (Å²) in [6, 6.07) is 17.5. The number of hydrazone groups is 1. The number of hydrogen-bond donors (Lipinski definition) is 1. The first kappa shape index (κ1) is 25.4. The molecule has 168 valence electrons. The normalized spacial score (nSPS) is 11.3. The number of carbonyl (C=O) groups is 1. The molecule has 0 unspecified atom stereocenters. The van der Waals surface area contributed by atoms with E-state index in [2.05, 4.69) is 110 Å². The number of nitrogens with one attached hydrogen (secondary N) is 1. The van der Waals surface area contributed by atoms with Crippen molar-refractivity contribution in [3.63, 3.8) is 0 Å². The van der Waals surface area contributed by atoms with Crippen molar-refractivity contribution in [3.05, 3.63) is 91.1 Å². The van der Waals surface area contributed by atoms with Crippen molar-refractivity contribution < 1.29 is 13.9 Å². The number of carbonyl (C=O) groups excluding carboxylic acids is 1. The second-order valence-corrected chi connectivity index (χ2v) is 12.2. The summed E-state index contributed by atoms with van der Waals surface area (Å²) in [5.41, 5.74) is 5.15. The van der Waals surface area contributed by atoms with E-state index in [-0.39, 0.29) is 5.76 Å². The van der Waals surface area contributed by atoms with Crippen LogP contribution >= 0.6 is 99.6 Å². The minimum absolute atomic E-state index is 0.207. The van der Waals surface area contributed by atoms with Gasteiger partial charge >= 0.3 is 5.91 Å². The molecule has 33 heavy (non-hydrogen) atoms. The van der Waals surface area contributed by atoms with Gasteiger partial charge in [-0.2, -0.15) is 5.10 Å². The average Bonchev–Trinajstić information content (AvgIpc) is 3.19. The van der Waals surface area contributed by atoms with E-state index in [0.29, 0.717) is 12.2 Å². The quantitative estimate of drug-likeness (QED) is 0.121. The minimum atomic E-state index is -0.409. The summed E-state index contributed by atoms with van der Waals surface area (Å²) in [7, 11) is 0. The Kier molecular flexibility index (Phi) is 8.73. The zero-order valence-corrected chi connectivity index (χ0v) is 26.2. The highest BCUT2D eigenvalue weighted by molar-refractivity contribution is 14.1. The van der Waals surface area contributed by atoms with E-state index in [1.165, 1.54) is 0 Å². The standard InChI is InChI=1S/C23H13Br2I3N2O3/c24-15-3-1-12(2-4-15)11-32-22-17(26)5-13(6-18(22)27)10-29-30-23(31)20-8-14-7-16(25)9-19(28)21(14)33-20/h1-10H,11H2,(H,30,31)/b29-10-. The first-order valence-corrected chi connectivity index (χ1v) is 14.2. The van der Waals surface area contributed by atoms with Crippen molar-refractivity contribution in [3.8, 4) is 5.75 Å². The Hall–Kier alpha value is -0.710. The zero-order valence-electron chi connectivity index (χ0n) is 16.5. The van der Waals surface area contributed by atoms with E-state index < -0.39 is 5.91 Å². The summed E-state index contributed by atoms with van der Waals surface area (Å²) in [6.45, 7) is 0.482. The highest BCUT2D eigenvalue weighted by atomic mass is 127. The van der Waals surface area contributed by atoms with Crippen molar-refractivity contribution in [1.29, 1.82) is 0 Å². The second-order valence-electron chi connectivity index (χ2n) is 6.84. The third-order valence-corrected chi connectivity index (χ3v) is 7.85. The van der Waals surface area contributed by atoms with Gasteiger partial charge in [-0.1, -0.05) is 44.0 Å². The van der Waals surface area contributed by atoms with E-state index in [1.54, 1.807) is 12.3 Å². The van der Waals surface area contributed by atoms with Crippen LogP contribution in [-0.2, 0) is 6.61 Å². The molecule has 0 atom stereocenters. The zero-order chi connectivity index (χ0) is 23.5. The number of benzene rings is 3. The maximum absolute atomic E-state index is 12.5. The Morgan fingerprint density at radius 2 is 1.67 bits per heavy atom. The van der Waals surface area contributed by atoms with Crippen LogP contribution in [0.4, 0.5) is 0 Å². The molecule has 1 heterocycles. The molecule has 0 fully saturated rings. The molecule has 0 aliphatic heterocycles. The number of halogens is 5. The summed E-state index contributed by atoms with van der Waals surface area (Å²) < 4.78 is 16.5. The number of furan rings is 1. The molecule has 0 radical (unpaired) electrons. The van der Waals surface area contributed by atoms with E-state index in [9.17, 15) is 4.79 Å². The van der Waals surface area contributed by atoms with E-state index in [1.807, 2.05) is 48.5 Å². The van der Waals surface area contributed by atoms with Crippen molar-refractivity contribution in [2.75, 3.05) is 0 Å². The van der Waals surface area contributed by atoms with E-state index >= 15 is 0 Å². The van der Waals surface area contributed by atoms with Crippen molar-refractivity contribution in [1.82, 2.24) is 5.43 Å². The molecule has 0 bridgehead atoms. The predicted molar refractivity (Wildman–Crippen MR) is 162 cm³/mol. The van der Waals surface area contributed by atoms with Crippen LogP contribution in [0.1, 0.15) is 21.7 Å². The number of amides is 1. The van der Waals surface area contributed by atoms with Gasteiger partial charge in [0.15, 0.2) is 5.76 Å². The summed E-state index contributed by atoms with van der Waals surface area (Å²) in [5, 5.41) is 4.95. The van der Waals surface area contributed by atoms with Gasteiger partial charge in [0.25, 0.3) is 0 Å². The Bertz CT molecular complexity index is 1350. The van der Waals surface area contributed by atoms with Crippen LogP contribution in [0.3, 0.4) is 0 Å². The molecule has 0 spiro atoms. The first-order valence-electron chi connectivity index (χ1n) is 9.38. The molecule has 1 amide bonds. The summed E-state index contributed by atoms with van der Waals surface area (Å²) in [6.07, 6.45) is 1.60. The molecule has 3 aromatic carbocycles. The number of hydrogen-bond acceptors (Lipinski definition) is 4. The Balaban J connectivity index is 1.42. The third-order valence-electron chi connectivity index (χ3n) is 4.46. The summed E-state index contributed by atoms with van der Waals surface area (Å²) >= 11 is 13.6. The molecular weight excluding hydrogens is 893 g/mol. The smallest absolute Gasteiger partial charge is 0.307 e. The molecular formula is C23H13Br2I3N2O3. The maximum Gasteiger partial charge on any atom is 0.307 e. The summed E-state index contributed by atoms with van der Waals surface area (Å²) in [4.78, 5) is 12.5. The number of ether oxygens (including phenoxy) is 1. The van der Waals surface area contributed by atoms with Crippen LogP contribution in [0.15, 0.2) is 73.1 Å². The lowest BCUT2D eigenvalue weighted by atomic mass is 10.2. The molecule has 0 aliphatic rings. The van der Waals surface area contributed by atoms with Crippen molar-refractivity contribution in [2.45, 2.75) is 6.61 Å². The lowest BCUT2D eigenvalue weighted by Crippen LogP contribution is -2.16. The second kappa shape index (κ2) is 11.4. The first-order chi connectivity index (χ1) is 15.8. The lowest BCUT2D eigenvalue weighted by molar-refractivity contribution is 0.0929. The van der Waals surface area contributed by atoms with Gasteiger partial charge in [0.05, 0.1) is 16.9 Å². The van der Waals surface area contributed by atoms with Crippen LogP contribution in [-0.4, -0.2) is 12.1 Å². The van der Waals surface area contributed by atoms with Crippen LogP contribution in [0.25, 0.3) is 11.0 Å². The van der Waals surface area contributed by atoms with Crippen molar-refractivity contribution >= 4 is 123 Å². The van der Waals surface area contributed by atoms with Gasteiger partial charge in [0.2, 0.25) is 0 Å². The van der Waals surface area contributed by atoms with Gasteiger partial charge in [0.1, 0.15) is 17.9 Å². The SMILES string of the molecule is O=C(N/N=C\c1cc(I)c(OCc2ccc(Br)cc2)c(I)c1)c1cc2cc(Br)cc(I)c2o1. The predicted octanol–water partition coefficient (Wildman–Crippen LogP) is 8.11. The fourth-order valence-corrected chi connectivity index (χ4v) is 6.99. The fraction of sp³-hybridized carbons (Fsp3) is 0.0435. The topological polar surface area (TPSA) is 63.8 Å². The highest BCUT2D eigenvalue weighted by Gasteiger charge is 2.14. The Labute approximate surface area is 247 Å². The van der Waals surface area contributed by atoms with Crippen LogP contribution in [0.5, 0.6) is 5.75 Å². The molecule has 1 aromatic heterocycles. The Morgan fingerprint density at radius 1 is 0.970 bits per heavy atom. The van der Waals surface area contributed by atoms with Gasteiger partial charge in [-0.3, -0.25) is 4.79 Å². The third kappa shape index (κ3) is 6.49. The monoisotopic (exact) mass is 904 g/mol. The molecule has 4 aromatic rings. The highest BCUT2D eigenvalue weighted by Crippen LogP contribution is 2.30. The van der Waals surface area contributed by atoms with Crippen LogP contribution < -0.4 is 10.2 Å². The van der Waals surface area contributed by atoms with Crippen LogP contribution in [0.2, 0.25) is 0 Å². The molecule has 1 N–H and O–H groups in total. The van der Waals surface area contributed by atoms with E-state index in [0.717, 1.165) is 41.9 Å². The van der Waals surface area contributed by atoms with Crippen LogP contribution in [0, 0.1) is 10.7 Å². The minimum Gasteiger partial charge on any atom is -0.487 e. The molecule has 5 nitrogen and oxygen atoms in total. The average molecular weight is 906 g/mol. The molecule has 0 saturated heterocycles. The largest absolute Gasteiger partial charge is 0.487 e. The fourth-order valence-electron chi connectivity index (χ4n) is 2.94. The number of fused-ring (bicyclic) bond motifs is 1. The van der Waals surface area contributed by atoms with Gasteiger partial charge in [-0.25, -0.2) is 5.43 Å². The van der Waals surface area contributed by atoms with E-state index in [4.69, 9.17) is 9.15 Å². The van der Waals surface area contributed by atoms with Crippen molar-refractivity contribution in [2.24, 2.45) is 5.10 Å². The number of nitrogens with zero attached hydrogens (tertiary/aromatic N) is 1. The van der Waals surface area contributed by atoms with Gasteiger partial charge < -0.3 is 9.15 Å². The summed E-state index contributed by atoms with van der Waals surface area (Å²) in [5.74, 6) is 0.621. The molecule has 0 saturated carbocycles.